The van der Waals surface area contributed by atoms with Crippen LogP contribution in [0.2, 0.25) is 5.02 Å². The molecule has 1 fully saturated rings. The van der Waals surface area contributed by atoms with Crippen LogP contribution in [-0.2, 0) is 4.79 Å². The first kappa shape index (κ1) is 21.6. The molecule has 0 bridgehead atoms. The predicted molar refractivity (Wildman–Crippen MR) is 107 cm³/mol. The number of aromatic nitrogens is 2. The Morgan fingerprint density at radius 1 is 1.12 bits per heavy atom. The van der Waals surface area contributed by atoms with Gasteiger partial charge in [-0.3, -0.25) is 14.9 Å². The number of carbonyl (C=O) groups is 2. The lowest BCUT2D eigenvalue weighted by atomic mass is 10.1. The Bertz CT molecular complexity index is 1130. The molecule has 166 valence electrons. The van der Waals surface area contributed by atoms with Crippen LogP contribution in [-0.4, -0.2) is 34.9 Å². The van der Waals surface area contributed by atoms with E-state index in [0.717, 1.165) is 12.1 Å². The van der Waals surface area contributed by atoms with Crippen molar-refractivity contribution in [1.29, 1.82) is 0 Å². The second-order valence-electron chi connectivity index (χ2n) is 6.85. The molecule has 2 heterocycles. The predicted octanol–water partition coefficient (Wildman–Crippen LogP) is 4.39. The normalized spacial score (nSPS) is 16.3. The summed E-state index contributed by atoms with van der Waals surface area (Å²) in [6, 6.07) is 11.0. The zero-order valence-corrected chi connectivity index (χ0v) is 16.9. The van der Waals surface area contributed by atoms with Crippen LogP contribution in [0.25, 0.3) is 0 Å². The van der Waals surface area contributed by atoms with Gasteiger partial charge in [0, 0.05) is 29.2 Å². The Morgan fingerprint density at radius 2 is 1.81 bits per heavy atom. The summed E-state index contributed by atoms with van der Waals surface area (Å²) in [5, 5.41) is 10.6. The molecule has 1 unspecified atom stereocenters. The number of nitrogens with one attached hydrogen (secondary N) is 1. The lowest BCUT2D eigenvalue weighted by Gasteiger charge is -2.17. The van der Waals surface area contributed by atoms with Crippen molar-refractivity contribution in [3.05, 3.63) is 65.0 Å². The quantitative estimate of drug-likeness (QED) is 0.598. The standard InChI is InChI=1S/C20H14ClF3N4O4/c21-13-3-1-11(2-4-13)17(30)25-19-27-26-18(31-19)12-9-16(29)28(10-12)14-5-7-15(8-6-14)32-20(22,23)24/h1-8,12H,9-10H2,(H,25,27,30). The van der Waals surface area contributed by atoms with E-state index in [0.29, 0.717) is 16.3 Å². The molecule has 1 aromatic heterocycles. The fraction of sp³-hybridized carbons (Fsp3) is 0.200. The van der Waals surface area contributed by atoms with Gasteiger partial charge in [-0.15, -0.1) is 18.3 Å². The molecular formula is C20H14ClF3N4O4. The van der Waals surface area contributed by atoms with E-state index < -0.39 is 18.2 Å². The van der Waals surface area contributed by atoms with Crippen LogP contribution in [0.15, 0.2) is 52.9 Å². The first-order chi connectivity index (χ1) is 15.2. The molecule has 0 radical (unpaired) electrons. The molecule has 3 aromatic rings. The van der Waals surface area contributed by atoms with E-state index in [-0.39, 0.29) is 36.5 Å². The van der Waals surface area contributed by atoms with Crippen LogP contribution in [0.5, 0.6) is 5.75 Å². The van der Waals surface area contributed by atoms with Gasteiger partial charge in [-0.2, -0.15) is 0 Å². The highest BCUT2D eigenvalue weighted by Crippen LogP contribution is 2.33. The molecule has 1 saturated heterocycles. The lowest BCUT2D eigenvalue weighted by Crippen LogP contribution is -2.24. The third-order valence-corrected chi connectivity index (χ3v) is 4.88. The number of benzene rings is 2. The molecule has 1 N–H and O–H groups in total. The van der Waals surface area contributed by atoms with Gasteiger partial charge in [-0.05, 0) is 48.5 Å². The van der Waals surface area contributed by atoms with Gasteiger partial charge in [0.05, 0.1) is 5.92 Å². The molecule has 1 atom stereocenters. The molecule has 32 heavy (non-hydrogen) atoms. The maximum Gasteiger partial charge on any atom is 0.573 e. The lowest BCUT2D eigenvalue weighted by molar-refractivity contribution is -0.274. The van der Waals surface area contributed by atoms with Gasteiger partial charge in [0.25, 0.3) is 5.91 Å². The van der Waals surface area contributed by atoms with Crippen molar-refractivity contribution in [3.63, 3.8) is 0 Å². The number of alkyl halides is 3. The summed E-state index contributed by atoms with van der Waals surface area (Å²) in [7, 11) is 0. The average Bonchev–Trinajstić information content (AvgIpc) is 3.34. The van der Waals surface area contributed by atoms with Crippen molar-refractivity contribution < 1.29 is 31.9 Å². The molecule has 1 aliphatic rings. The number of nitrogens with zero attached hydrogens (tertiary/aromatic N) is 3. The van der Waals surface area contributed by atoms with Crippen LogP contribution in [0, 0.1) is 0 Å². The van der Waals surface area contributed by atoms with Crippen molar-refractivity contribution in [2.45, 2.75) is 18.7 Å². The van der Waals surface area contributed by atoms with Gasteiger partial charge in [-0.25, -0.2) is 0 Å². The first-order valence-corrected chi connectivity index (χ1v) is 9.62. The van der Waals surface area contributed by atoms with Crippen LogP contribution in [0.3, 0.4) is 0 Å². The molecule has 4 rings (SSSR count). The van der Waals surface area contributed by atoms with E-state index in [1.807, 2.05) is 0 Å². The van der Waals surface area contributed by atoms with E-state index >= 15 is 0 Å². The van der Waals surface area contributed by atoms with E-state index in [1.54, 1.807) is 12.1 Å². The highest BCUT2D eigenvalue weighted by Gasteiger charge is 2.35. The van der Waals surface area contributed by atoms with E-state index in [4.69, 9.17) is 16.0 Å². The molecule has 1 aliphatic heterocycles. The highest BCUT2D eigenvalue weighted by atomic mass is 35.5. The van der Waals surface area contributed by atoms with Gasteiger partial charge < -0.3 is 14.1 Å². The maximum atomic E-state index is 12.4. The molecule has 0 spiro atoms. The van der Waals surface area contributed by atoms with Crippen molar-refractivity contribution in [1.82, 2.24) is 10.2 Å². The second-order valence-corrected chi connectivity index (χ2v) is 7.29. The Labute approximate surface area is 183 Å². The first-order valence-electron chi connectivity index (χ1n) is 9.24. The Balaban J connectivity index is 1.40. The SMILES string of the molecule is O=C(Nc1nnc(C2CC(=O)N(c3ccc(OC(F)(F)F)cc3)C2)o1)c1ccc(Cl)cc1. The number of anilines is 2. The second kappa shape index (κ2) is 8.50. The van der Waals surface area contributed by atoms with Crippen molar-refractivity contribution in [2.75, 3.05) is 16.8 Å². The summed E-state index contributed by atoms with van der Waals surface area (Å²) in [5.41, 5.74) is 0.747. The minimum Gasteiger partial charge on any atom is -0.407 e. The summed E-state index contributed by atoms with van der Waals surface area (Å²) >= 11 is 5.80. The molecular weight excluding hydrogens is 453 g/mol. The Kier molecular flexibility index (Phi) is 5.74. The number of halogens is 4. The number of hydrogen-bond donors (Lipinski definition) is 1. The minimum atomic E-state index is -4.80. The highest BCUT2D eigenvalue weighted by molar-refractivity contribution is 6.30. The zero-order valence-electron chi connectivity index (χ0n) is 16.1. The summed E-state index contributed by atoms with van der Waals surface area (Å²) in [6.07, 6.45) is -4.73. The van der Waals surface area contributed by atoms with Crippen LogP contribution in [0.4, 0.5) is 24.9 Å². The van der Waals surface area contributed by atoms with E-state index in [9.17, 15) is 22.8 Å². The van der Waals surface area contributed by atoms with Crippen molar-refractivity contribution in [2.24, 2.45) is 0 Å². The van der Waals surface area contributed by atoms with Gasteiger partial charge in [0.2, 0.25) is 11.8 Å². The van der Waals surface area contributed by atoms with Gasteiger partial charge >= 0.3 is 12.4 Å². The monoisotopic (exact) mass is 466 g/mol. The third-order valence-electron chi connectivity index (χ3n) is 4.62. The van der Waals surface area contributed by atoms with Crippen LogP contribution >= 0.6 is 11.6 Å². The fourth-order valence-electron chi connectivity index (χ4n) is 3.17. The van der Waals surface area contributed by atoms with E-state index in [1.165, 1.54) is 29.2 Å². The number of hydrogen-bond acceptors (Lipinski definition) is 6. The summed E-state index contributed by atoms with van der Waals surface area (Å²) in [4.78, 5) is 26.0. The van der Waals surface area contributed by atoms with Crippen molar-refractivity contribution >= 4 is 35.1 Å². The number of rotatable bonds is 5. The Morgan fingerprint density at radius 3 is 2.47 bits per heavy atom. The molecule has 0 saturated carbocycles. The summed E-state index contributed by atoms with van der Waals surface area (Å²) in [5.74, 6) is -1.40. The third kappa shape index (κ3) is 4.99. The molecule has 8 nitrogen and oxygen atoms in total. The van der Waals surface area contributed by atoms with Crippen molar-refractivity contribution in [3.8, 4) is 5.75 Å². The number of amides is 2. The summed E-state index contributed by atoms with van der Waals surface area (Å²) < 4.78 is 46.2. The molecule has 0 aliphatic carbocycles. The summed E-state index contributed by atoms with van der Waals surface area (Å²) in [6.45, 7) is 0.186. The zero-order chi connectivity index (χ0) is 22.9. The average molecular weight is 467 g/mol. The van der Waals surface area contributed by atoms with E-state index in [2.05, 4.69) is 20.3 Å². The smallest absolute Gasteiger partial charge is 0.407 e. The molecule has 2 amide bonds. The minimum absolute atomic E-state index is 0.0631. The topological polar surface area (TPSA) is 97.6 Å². The number of carbonyl (C=O) groups excluding carboxylic acids is 2. The van der Waals surface area contributed by atoms with Crippen LogP contribution in [0.1, 0.15) is 28.6 Å². The van der Waals surface area contributed by atoms with Gasteiger partial charge in [0.1, 0.15) is 5.75 Å². The Hall–Kier alpha value is -3.60. The number of ether oxygens (including phenoxy) is 1. The fourth-order valence-corrected chi connectivity index (χ4v) is 3.30. The molecule has 12 heteroatoms. The van der Waals surface area contributed by atoms with Gasteiger partial charge in [-0.1, -0.05) is 16.7 Å². The maximum absolute atomic E-state index is 12.4. The molecule has 2 aromatic carbocycles. The van der Waals surface area contributed by atoms with Crippen LogP contribution < -0.4 is 15.0 Å². The van der Waals surface area contributed by atoms with Gasteiger partial charge in [0.15, 0.2) is 0 Å². The largest absolute Gasteiger partial charge is 0.573 e.